The van der Waals surface area contributed by atoms with Crippen molar-refractivity contribution in [2.75, 3.05) is 34.4 Å². The van der Waals surface area contributed by atoms with Crippen molar-refractivity contribution in [3.63, 3.8) is 0 Å². The fraction of sp³-hybridized carbons (Fsp3) is 0.806. The number of aromatic nitrogens is 1. The number of nitrogens with zero attached hydrogens (tertiary/aromatic N) is 2. The number of hydrogen-bond acceptors (Lipinski definition) is 7. The van der Waals surface area contributed by atoms with E-state index in [1.807, 2.05) is 12.1 Å². The van der Waals surface area contributed by atoms with E-state index in [-0.39, 0.29) is 31.6 Å². The predicted molar refractivity (Wildman–Crippen MR) is 158 cm³/mol. The Kier molecular flexibility index (Phi) is 10.0. The van der Waals surface area contributed by atoms with Crippen LogP contribution in [0.3, 0.4) is 0 Å². The van der Waals surface area contributed by atoms with Gasteiger partial charge < -0.3 is 28.3 Å². The van der Waals surface area contributed by atoms with Gasteiger partial charge in [0.2, 0.25) is 0 Å². The van der Waals surface area contributed by atoms with E-state index in [1.54, 1.807) is 25.3 Å². The molecule has 0 radical (unpaired) electrons. The second-order valence-electron chi connectivity index (χ2n) is 13.3. The van der Waals surface area contributed by atoms with Crippen LogP contribution in [0.5, 0.6) is 5.75 Å². The molecule has 4 rings (SSSR count). The number of hydrogen-bond donors (Lipinski definition) is 0. The fourth-order valence-corrected chi connectivity index (χ4v) is 13.0. The SMILES string of the molecule is COCO[C@@]1(Cc2cc(OC3CCC4(CC3)CC4)ccn2)C(=O)N(COC)[C@H]1CO[Si](C(C)C)(C(C)C)C(C)C. The highest BCUT2D eigenvalue weighted by molar-refractivity contribution is 6.77. The number of carbonyl (C=O) groups is 1. The molecule has 40 heavy (non-hydrogen) atoms. The Labute approximate surface area is 242 Å². The van der Waals surface area contributed by atoms with Crippen molar-refractivity contribution in [3.8, 4) is 5.75 Å². The summed E-state index contributed by atoms with van der Waals surface area (Å²) in [4.78, 5) is 20.1. The van der Waals surface area contributed by atoms with E-state index in [0.29, 0.717) is 35.1 Å². The van der Waals surface area contributed by atoms with Gasteiger partial charge in [-0.05, 0) is 66.6 Å². The highest BCUT2D eigenvalue weighted by Gasteiger charge is 2.63. The van der Waals surface area contributed by atoms with E-state index in [2.05, 4.69) is 46.5 Å². The summed E-state index contributed by atoms with van der Waals surface area (Å²) in [6.45, 7) is 14.2. The minimum Gasteiger partial charge on any atom is -0.490 e. The van der Waals surface area contributed by atoms with Gasteiger partial charge in [0, 0.05) is 38.6 Å². The van der Waals surface area contributed by atoms with Crippen molar-refractivity contribution >= 4 is 14.2 Å². The Morgan fingerprint density at radius 3 is 2.20 bits per heavy atom. The summed E-state index contributed by atoms with van der Waals surface area (Å²) in [5.41, 5.74) is 1.54. The van der Waals surface area contributed by atoms with E-state index in [4.69, 9.17) is 23.4 Å². The second-order valence-corrected chi connectivity index (χ2v) is 18.7. The van der Waals surface area contributed by atoms with Crippen LogP contribution in [0.2, 0.25) is 16.6 Å². The molecule has 2 atom stereocenters. The van der Waals surface area contributed by atoms with Gasteiger partial charge in [-0.2, -0.15) is 0 Å². The first-order valence-electron chi connectivity index (χ1n) is 15.2. The maximum Gasteiger partial charge on any atom is 0.259 e. The van der Waals surface area contributed by atoms with Crippen molar-refractivity contribution < 1.29 is 28.2 Å². The van der Waals surface area contributed by atoms with Crippen LogP contribution < -0.4 is 4.74 Å². The zero-order valence-electron chi connectivity index (χ0n) is 26.0. The molecule has 1 spiro atoms. The molecule has 0 bridgehead atoms. The highest BCUT2D eigenvalue weighted by Crippen LogP contribution is 2.56. The third-order valence-corrected chi connectivity index (χ3v) is 16.0. The lowest BCUT2D eigenvalue weighted by Gasteiger charge is -2.56. The van der Waals surface area contributed by atoms with E-state index < -0.39 is 13.9 Å². The van der Waals surface area contributed by atoms with Crippen LogP contribution in [0.4, 0.5) is 0 Å². The molecule has 1 aromatic rings. The Hall–Kier alpha value is -1.52. The molecule has 9 heteroatoms. The molecule has 2 aliphatic carbocycles. The summed E-state index contributed by atoms with van der Waals surface area (Å²) in [7, 11) is 1.01. The molecule has 0 unspecified atom stereocenters. The molecule has 1 aliphatic heterocycles. The number of ether oxygens (including phenoxy) is 4. The average molecular weight is 577 g/mol. The molecule has 226 valence electrons. The Balaban J connectivity index is 1.55. The predicted octanol–water partition coefficient (Wildman–Crippen LogP) is 6.09. The topological polar surface area (TPSA) is 79.4 Å². The van der Waals surface area contributed by atoms with Gasteiger partial charge in [-0.1, -0.05) is 41.5 Å². The first kappa shape index (κ1) is 31.4. The minimum atomic E-state index is -2.17. The summed E-state index contributed by atoms with van der Waals surface area (Å²) >= 11 is 0. The number of pyridine rings is 1. The first-order chi connectivity index (χ1) is 19.0. The molecule has 8 nitrogen and oxygen atoms in total. The summed E-state index contributed by atoms with van der Waals surface area (Å²) in [6.07, 6.45) is 9.85. The number of carbonyl (C=O) groups excluding carboxylic acids is 1. The monoisotopic (exact) mass is 576 g/mol. The minimum absolute atomic E-state index is 0.00416. The van der Waals surface area contributed by atoms with Crippen LogP contribution in [-0.2, 0) is 29.9 Å². The molecule has 1 saturated heterocycles. The summed E-state index contributed by atoms with van der Waals surface area (Å²) in [6, 6.07) is 3.57. The Morgan fingerprint density at radius 2 is 1.65 bits per heavy atom. The number of amides is 1. The van der Waals surface area contributed by atoms with Crippen LogP contribution in [0.1, 0.15) is 85.8 Å². The maximum atomic E-state index is 13.8. The zero-order valence-corrected chi connectivity index (χ0v) is 27.0. The largest absolute Gasteiger partial charge is 0.490 e. The van der Waals surface area contributed by atoms with Gasteiger partial charge in [-0.3, -0.25) is 9.78 Å². The third-order valence-electron chi connectivity index (χ3n) is 9.92. The number of rotatable bonds is 15. The third kappa shape index (κ3) is 6.14. The Bertz CT molecular complexity index is 968. The number of likely N-dealkylation sites (tertiary alicyclic amines) is 1. The summed E-state index contributed by atoms with van der Waals surface area (Å²) in [5, 5.41) is 0. The maximum absolute atomic E-state index is 13.8. The molecular formula is C31H52N2O6Si. The Morgan fingerprint density at radius 1 is 1.00 bits per heavy atom. The molecule has 0 aromatic carbocycles. The van der Waals surface area contributed by atoms with Gasteiger partial charge in [-0.25, -0.2) is 0 Å². The normalized spacial score (nSPS) is 24.8. The van der Waals surface area contributed by atoms with Gasteiger partial charge in [0.1, 0.15) is 19.3 Å². The van der Waals surface area contributed by atoms with Crippen molar-refractivity contribution in [1.82, 2.24) is 9.88 Å². The molecule has 3 aliphatic rings. The number of β-lactam (4-membered cyclic amide) rings is 1. The quantitative estimate of drug-likeness (QED) is 0.142. The second kappa shape index (κ2) is 12.8. The molecule has 2 heterocycles. The zero-order chi connectivity index (χ0) is 29.1. The lowest BCUT2D eigenvalue weighted by atomic mass is 9.78. The van der Waals surface area contributed by atoms with Crippen LogP contribution in [0, 0.1) is 5.41 Å². The molecule has 3 fully saturated rings. The molecule has 0 N–H and O–H groups in total. The average Bonchev–Trinajstić information content (AvgIpc) is 3.68. The fourth-order valence-electron chi connectivity index (χ4n) is 7.60. The number of methoxy groups -OCH3 is 2. The summed E-state index contributed by atoms with van der Waals surface area (Å²) in [5.74, 6) is 0.684. The molecular weight excluding hydrogens is 524 g/mol. The van der Waals surface area contributed by atoms with Crippen LogP contribution in [0.25, 0.3) is 0 Å². The molecule has 1 aromatic heterocycles. The van der Waals surface area contributed by atoms with Crippen LogP contribution in [-0.4, -0.2) is 76.2 Å². The lowest BCUT2D eigenvalue weighted by molar-refractivity contribution is -0.237. The highest BCUT2D eigenvalue weighted by atomic mass is 28.4. The first-order valence-corrected chi connectivity index (χ1v) is 17.4. The summed E-state index contributed by atoms with van der Waals surface area (Å²) < 4.78 is 30.4. The molecule has 1 amide bonds. The van der Waals surface area contributed by atoms with Crippen molar-refractivity contribution in [2.24, 2.45) is 5.41 Å². The van der Waals surface area contributed by atoms with Crippen LogP contribution >= 0.6 is 0 Å². The van der Waals surface area contributed by atoms with Crippen molar-refractivity contribution in [3.05, 3.63) is 24.0 Å². The van der Waals surface area contributed by atoms with Gasteiger partial charge in [0.15, 0.2) is 13.9 Å². The van der Waals surface area contributed by atoms with Crippen molar-refractivity contribution in [2.45, 2.75) is 121 Å². The van der Waals surface area contributed by atoms with Gasteiger partial charge >= 0.3 is 0 Å². The van der Waals surface area contributed by atoms with Crippen LogP contribution in [0.15, 0.2) is 18.3 Å². The van der Waals surface area contributed by atoms with E-state index >= 15 is 0 Å². The van der Waals surface area contributed by atoms with Gasteiger partial charge in [-0.15, -0.1) is 0 Å². The van der Waals surface area contributed by atoms with Gasteiger partial charge in [0.25, 0.3) is 5.91 Å². The van der Waals surface area contributed by atoms with E-state index in [9.17, 15) is 4.79 Å². The van der Waals surface area contributed by atoms with Gasteiger partial charge in [0.05, 0.1) is 18.8 Å². The van der Waals surface area contributed by atoms with Crippen molar-refractivity contribution in [1.29, 1.82) is 0 Å². The lowest BCUT2D eigenvalue weighted by Crippen LogP contribution is -2.78. The molecule has 2 saturated carbocycles. The standard InChI is InChI=1S/C31H52N2O6Si/c1-22(2)40(23(3)4,24(5)6)38-19-28-31(37-21-36-8,29(34)33(28)20-35-7)18-25-17-27(11-16-32-25)39-26-9-12-30(13-10-26)14-15-30/h11,16-17,22-24,26,28H,9-10,12-15,18-21H2,1-8H3/t28-,31+/m0/s1. The smallest absolute Gasteiger partial charge is 0.259 e. The van der Waals surface area contributed by atoms with E-state index in [0.717, 1.165) is 24.3 Å². The van der Waals surface area contributed by atoms with E-state index in [1.165, 1.54) is 25.7 Å².